The van der Waals surface area contributed by atoms with Crippen molar-refractivity contribution < 1.29 is 10.0 Å². The Kier molecular flexibility index (Phi) is 2.25. The number of amides is 1. The molecule has 2 atom stereocenters. The van der Waals surface area contributed by atoms with Crippen molar-refractivity contribution in [1.29, 1.82) is 0 Å². The molecule has 1 amide bonds. The Balaban J connectivity index is 2.03. The normalized spacial score (nSPS) is 24.4. The van der Waals surface area contributed by atoms with Crippen LogP contribution < -0.4 is 0 Å². The summed E-state index contributed by atoms with van der Waals surface area (Å²) in [5.41, 5.74) is 1.19. The number of hydrogen-bond donors (Lipinski definition) is 1. The molecular weight excluding hydrogens is 178 g/mol. The van der Waals surface area contributed by atoms with Crippen LogP contribution in [0.15, 0.2) is 30.3 Å². The van der Waals surface area contributed by atoms with Gasteiger partial charge in [-0.3, -0.25) is 10.0 Å². The minimum Gasteiger partial charge on any atom is -0.286 e. The molecule has 3 nitrogen and oxygen atoms in total. The van der Waals surface area contributed by atoms with Crippen molar-refractivity contribution in [2.45, 2.75) is 12.3 Å². The Labute approximate surface area is 82.9 Å². The molecule has 3 heteroatoms. The number of nitrogens with zero attached hydrogens (tertiary/aromatic N) is 1. The Morgan fingerprint density at radius 1 is 1.43 bits per heavy atom. The van der Waals surface area contributed by atoms with Crippen molar-refractivity contribution in [3.05, 3.63) is 35.9 Å². The Bertz CT molecular complexity index is 334. The molecule has 1 saturated carbocycles. The van der Waals surface area contributed by atoms with Crippen LogP contribution in [-0.4, -0.2) is 23.2 Å². The van der Waals surface area contributed by atoms with Crippen LogP contribution in [0.3, 0.4) is 0 Å². The summed E-state index contributed by atoms with van der Waals surface area (Å²) >= 11 is 0. The highest BCUT2D eigenvalue weighted by atomic mass is 16.5. The van der Waals surface area contributed by atoms with Crippen LogP contribution in [0, 0.1) is 5.92 Å². The van der Waals surface area contributed by atoms with Crippen LogP contribution in [-0.2, 0) is 4.79 Å². The molecule has 1 aromatic carbocycles. The Hall–Kier alpha value is -1.35. The van der Waals surface area contributed by atoms with E-state index in [4.69, 9.17) is 5.21 Å². The van der Waals surface area contributed by atoms with Crippen molar-refractivity contribution in [2.75, 3.05) is 7.05 Å². The molecule has 0 heterocycles. The van der Waals surface area contributed by atoms with Crippen LogP contribution in [0.4, 0.5) is 0 Å². The van der Waals surface area contributed by atoms with E-state index < -0.39 is 0 Å². The van der Waals surface area contributed by atoms with Crippen LogP contribution in [0.25, 0.3) is 0 Å². The van der Waals surface area contributed by atoms with Gasteiger partial charge in [0.05, 0.1) is 0 Å². The van der Waals surface area contributed by atoms with E-state index in [1.165, 1.54) is 12.6 Å². The van der Waals surface area contributed by atoms with E-state index in [0.717, 1.165) is 6.42 Å². The summed E-state index contributed by atoms with van der Waals surface area (Å²) < 4.78 is 0. The predicted molar refractivity (Wildman–Crippen MR) is 51.8 cm³/mol. The molecule has 0 aliphatic heterocycles. The Morgan fingerprint density at radius 2 is 2.07 bits per heavy atom. The van der Waals surface area contributed by atoms with Gasteiger partial charge in [-0.05, 0) is 17.9 Å². The molecule has 14 heavy (non-hydrogen) atoms. The molecule has 1 fully saturated rings. The lowest BCUT2D eigenvalue weighted by Crippen LogP contribution is -2.24. The first-order valence-corrected chi connectivity index (χ1v) is 4.71. The molecule has 2 unspecified atom stereocenters. The van der Waals surface area contributed by atoms with Gasteiger partial charge in [0.1, 0.15) is 0 Å². The molecule has 0 aromatic heterocycles. The van der Waals surface area contributed by atoms with Crippen molar-refractivity contribution in [3.63, 3.8) is 0 Å². The lowest BCUT2D eigenvalue weighted by molar-refractivity contribution is -0.160. The topological polar surface area (TPSA) is 40.5 Å². The van der Waals surface area contributed by atoms with Crippen LogP contribution >= 0.6 is 0 Å². The average molecular weight is 191 g/mol. The van der Waals surface area contributed by atoms with Gasteiger partial charge in [0.25, 0.3) is 0 Å². The maximum atomic E-state index is 11.4. The van der Waals surface area contributed by atoms with Gasteiger partial charge < -0.3 is 0 Å². The summed E-state index contributed by atoms with van der Waals surface area (Å²) in [6.45, 7) is 0. The first-order valence-electron chi connectivity index (χ1n) is 4.71. The van der Waals surface area contributed by atoms with Crippen molar-refractivity contribution in [1.82, 2.24) is 5.06 Å². The predicted octanol–water partition coefficient (Wildman–Crippen LogP) is 1.64. The highest BCUT2D eigenvalue weighted by Crippen LogP contribution is 2.47. The summed E-state index contributed by atoms with van der Waals surface area (Å²) in [7, 11) is 1.38. The number of rotatable bonds is 2. The number of hydroxylamine groups is 2. The second-order valence-corrected chi connectivity index (χ2v) is 3.72. The highest BCUT2D eigenvalue weighted by Gasteiger charge is 2.44. The van der Waals surface area contributed by atoms with Gasteiger partial charge in [0.2, 0.25) is 5.91 Å². The van der Waals surface area contributed by atoms with Gasteiger partial charge >= 0.3 is 0 Å². The van der Waals surface area contributed by atoms with E-state index in [1.54, 1.807) is 0 Å². The number of carbonyl (C=O) groups is 1. The van der Waals surface area contributed by atoms with Crippen LogP contribution in [0.2, 0.25) is 0 Å². The number of benzene rings is 1. The largest absolute Gasteiger partial charge is 0.286 e. The van der Waals surface area contributed by atoms with E-state index >= 15 is 0 Å². The van der Waals surface area contributed by atoms with Gasteiger partial charge in [-0.25, -0.2) is 5.06 Å². The SMILES string of the molecule is CN(O)C(=O)C1CC1c1ccccc1. The average Bonchev–Trinajstić information content (AvgIpc) is 2.97. The number of carbonyl (C=O) groups excluding carboxylic acids is 1. The molecule has 0 spiro atoms. The zero-order valence-electron chi connectivity index (χ0n) is 8.05. The van der Waals surface area contributed by atoms with Gasteiger partial charge in [-0.2, -0.15) is 0 Å². The lowest BCUT2D eigenvalue weighted by Gasteiger charge is -2.07. The minimum atomic E-state index is -0.182. The molecule has 1 aromatic rings. The van der Waals surface area contributed by atoms with Crippen molar-refractivity contribution in [2.24, 2.45) is 5.92 Å². The van der Waals surface area contributed by atoms with E-state index in [0.29, 0.717) is 11.0 Å². The van der Waals surface area contributed by atoms with E-state index in [9.17, 15) is 4.79 Å². The third-order valence-corrected chi connectivity index (χ3v) is 2.65. The molecule has 1 aliphatic carbocycles. The summed E-state index contributed by atoms with van der Waals surface area (Å²) in [6.07, 6.45) is 0.855. The first kappa shape index (κ1) is 9.21. The molecule has 0 radical (unpaired) electrons. The molecule has 1 aliphatic rings. The first-order chi connectivity index (χ1) is 6.70. The van der Waals surface area contributed by atoms with Gasteiger partial charge in [-0.15, -0.1) is 0 Å². The standard InChI is InChI=1S/C11H13NO2/c1-12(14)11(13)10-7-9(10)8-5-3-2-4-6-8/h2-6,9-10,14H,7H2,1H3. The summed E-state index contributed by atoms with van der Waals surface area (Å²) in [5, 5.41) is 9.67. The van der Waals surface area contributed by atoms with E-state index in [-0.39, 0.29) is 11.8 Å². The summed E-state index contributed by atoms with van der Waals surface area (Å²) in [4.78, 5) is 11.4. The van der Waals surface area contributed by atoms with Crippen LogP contribution in [0.5, 0.6) is 0 Å². The fourth-order valence-corrected chi connectivity index (χ4v) is 1.78. The zero-order valence-corrected chi connectivity index (χ0v) is 8.05. The zero-order chi connectivity index (χ0) is 10.1. The van der Waals surface area contributed by atoms with E-state index in [2.05, 4.69) is 0 Å². The second kappa shape index (κ2) is 3.42. The third kappa shape index (κ3) is 1.63. The maximum Gasteiger partial charge on any atom is 0.249 e. The lowest BCUT2D eigenvalue weighted by atomic mass is 10.1. The quantitative estimate of drug-likeness (QED) is 0.570. The molecular formula is C11H13NO2. The van der Waals surface area contributed by atoms with Crippen LogP contribution in [0.1, 0.15) is 17.9 Å². The fraction of sp³-hybridized carbons (Fsp3) is 0.364. The van der Waals surface area contributed by atoms with Gasteiger partial charge in [0.15, 0.2) is 0 Å². The summed E-state index contributed by atoms with van der Waals surface area (Å²) in [6, 6.07) is 9.95. The molecule has 1 N–H and O–H groups in total. The summed E-state index contributed by atoms with van der Waals surface area (Å²) in [5.74, 6) is 0.101. The monoisotopic (exact) mass is 191 g/mol. The van der Waals surface area contributed by atoms with Gasteiger partial charge in [-0.1, -0.05) is 30.3 Å². The maximum absolute atomic E-state index is 11.4. The minimum absolute atomic E-state index is 0.0209. The molecule has 74 valence electrons. The highest BCUT2D eigenvalue weighted by molar-refractivity contribution is 5.81. The molecule has 2 rings (SSSR count). The molecule has 0 bridgehead atoms. The Morgan fingerprint density at radius 3 is 2.64 bits per heavy atom. The van der Waals surface area contributed by atoms with E-state index in [1.807, 2.05) is 30.3 Å². The van der Waals surface area contributed by atoms with Crippen molar-refractivity contribution in [3.8, 4) is 0 Å². The molecule has 0 saturated heterocycles. The second-order valence-electron chi connectivity index (χ2n) is 3.72. The smallest absolute Gasteiger partial charge is 0.249 e. The third-order valence-electron chi connectivity index (χ3n) is 2.65. The van der Waals surface area contributed by atoms with Gasteiger partial charge in [0, 0.05) is 13.0 Å². The number of hydrogen-bond acceptors (Lipinski definition) is 2. The fourth-order valence-electron chi connectivity index (χ4n) is 1.78. The van der Waals surface area contributed by atoms with Crippen molar-refractivity contribution >= 4 is 5.91 Å².